The van der Waals surface area contributed by atoms with Crippen molar-refractivity contribution in [1.82, 2.24) is 30.0 Å². The first kappa shape index (κ1) is 21.8. The Morgan fingerprint density at radius 1 is 1.12 bits per heavy atom. The van der Waals surface area contributed by atoms with Crippen molar-refractivity contribution in [2.75, 3.05) is 40.4 Å². The molecule has 0 saturated carbocycles. The minimum atomic E-state index is -0.420. The molecule has 1 aliphatic rings. The van der Waals surface area contributed by atoms with E-state index in [9.17, 15) is 4.79 Å². The van der Waals surface area contributed by atoms with Gasteiger partial charge in [0.15, 0.2) is 23.1 Å². The molecule has 3 heterocycles. The van der Waals surface area contributed by atoms with Crippen LogP contribution in [-0.2, 0) is 5.54 Å². The molecule has 4 rings (SSSR count). The molecule has 10 heteroatoms. The highest BCUT2D eigenvalue weighted by molar-refractivity contribution is 5.91. The molecule has 0 spiro atoms. The van der Waals surface area contributed by atoms with E-state index in [-0.39, 0.29) is 5.91 Å². The third-order valence-corrected chi connectivity index (χ3v) is 6.25. The van der Waals surface area contributed by atoms with Crippen molar-refractivity contribution in [1.29, 1.82) is 0 Å². The van der Waals surface area contributed by atoms with Crippen LogP contribution in [0.4, 0.5) is 0 Å². The molecule has 10 nitrogen and oxygen atoms in total. The van der Waals surface area contributed by atoms with Crippen LogP contribution in [-0.4, -0.2) is 76.3 Å². The standard InChI is InChI=1S/C22H28N6O4/c1-5-22(2,27-12-10-26(11-13-27)20(29)18-7-6-14-32-18)21-23-24-25-28(21)16-8-9-17(30-3)19(15-16)31-4/h6-9,14-15H,5,10-13H2,1-4H3/t22-/m1/s1. The number of carbonyl (C=O) groups is 1. The smallest absolute Gasteiger partial charge is 0.289 e. The van der Waals surface area contributed by atoms with E-state index in [0.29, 0.717) is 43.4 Å². The summed E-state index contributed by atoms with van der Waals surface area (Å²) in [5.74, 6) is 2.27. The fourth-order valence-electron chi connectivity index (χ4n) is 4.14. The number of methoxy groups -OCH3 is 2. The molecule has 2 aromatic heterocycles. The van der Waals surface area contributed by atoms with Gasteiger partial charge in [-0.25, -0.2) is 0 Å². The van der Waals surface area contributed by atoms with Gasteiger partial charge in [-0.05, 0) is 48.0 Å². The maximum atomic E-state index is 12.6. The number of ether oxygens (including phenoxy) is 2. The molecule has 170 valence electrons. The van der Waals surface area contributed by atoms with Gasteiger partial charge < -0.3 is 18.8 Å². The molecule has 0 radical (unpaired) electrons. The zero-order chi connectivity index (χ0) is 22.7. The number of carbonyl (C=O) groups excluding carboxylic acids is 1. The number of tetrazole rings is 1. The molecule has 1 aliphatic heterocycles. The van der Waals surface area contributed by atoms with E-state index in [1.165, 1.54) is 6.26 Å². The maximum absolute atomic E-state index is 12.6. The molecule has 1 saturated heterocycles. The van der Waals surface area contributed by atoms with Crippen LogP contribution in [0.2, 0.25) is 0 Å². The number of aromatic nitrogens is 4. The minimum absolute atomic E-state index is 0.0805. The summed E-state index contributed by atoms with van der Waals surface area (Å²) in [7, 11) is 3.20. The van der Waals surface area contributed by atoms with Gasteiger partial charge in [-0.1, -0.05) is 6.92 Å². The Kier molecular flexibility index (Phi) is 6.13. The van der Waals surface area contributed by atoms with Gasteiger partial charge in [-0.2, -0.15) is 4.68 Å². The van der Waals surface area contributed by atoms with Crippen molar-refractivity contribution < 1.29 is 18.7 Å². The van der Waals surface area contributed by atoms with E-state index in [1.807, 2.05) is 23.1 Å². The average molecular weight is 441 g/mol. The highest BCUT2D eigenvalue weighted by atomic mass is 16.5. The van der Waals surface area contributed by atoms with Crippen molar-refractivity contribution in [2.24, 2.45) is 0 Å². The predicted octanol–water partition coefficient (Wildman–Crippen LogP) is 2.36. The summed E-state index contributed by atoms with van der Waals surface area (Å²) in [6, 6.07) is 9.02. The van der Waals surface area contributed by atoms with Crippen LogP contribution >= 0.6 is 0 Å². The first-order valence-corrected chi connectivity index (χ1v) is 10.6. The molecular weight excluding hydrogens is 412 g/mol. The normalized spacial score (nSPS) is 16.6. The Labute approximate surface area is 186 Å². The van der Waals surface area contributed by atoms with E-state index >= 15 is 0 Å². The number of amides is 1. The number of nitrogens with zero attached hydrogens (tertiary/aromatic N) is 6. The average Bonchev–Trinajstić information content (AvgIpc) is 3.55. The number of benzene rings is 1. The summed E-state index contributed by atoms with van der Waals surface area (Å²) < 4.78 is 17.8. The summed E-state index contributed by atoms with van der Waals surface area (Å²) in [5.41, 5.74) is 0.366. The summed E-state index contributed by atoms with van der Waals surface area (Å²) in [4.78, 5) is 16.8. The highest BCUT2D eigenvalue weighted by Gasteiger charge is 2.40. The van der Waals surface area contributed by atoms with Gasteiger partial charge in [0, 0.05) is 32.2 Å². The number of piperazine rings is 1. The molecule has 1 amide bonds. The molecule has 1 atom stereocenters. The molecule has 1 fully saturated rings. The van der Waals surface area contributed by atoms with E-state index in [4.69, 9.17) is 13.9 Å². The number of rotatable bonds is 7. The summed E-state index contributed by atoms with van der Waals surface area (Å²) in [5, 5.41) is 12.6. The van der Waals surface area contributed by atoms with Crippen molar-refractivity contribution in [2.45, 2.75) is 25.8 Å². The Morgan fingerprint density at radius 3 is 2.50 bits per heavy atom. The first-order valence-electron chi connectivity index (χ1n) is 10.6. The second-order valence-corrected chi connectivity index (χ2v) is 7.84. The van der Waals surface area contributed by atoms with Crippen molar-refractivity contribution in [3.63, 3.8) is 0 Å². The van der Waals surface area contributed by atoms with Gasteiger partial charge in [0.05, 0.1) is 31.7 Å². The topological polar surface area (TPSA) is 98.7 Å². The Balaban J connectivity index is 1.57. The molecular formula is C22H28N6O4. The lowest BCUT2D eigenvalue weighted by Gasteiger charge is -2.44. The summed E-state index contributed by atoms with van der Waals surface area (Å²) in [6.45, 7) is 6.87. The van der Waals surface area contributed by atoms with E-state index < -0.39 is 5.54 Å². The molecule has 32 heavy (non-hydrogen) atoms. The second-order valence-electron chi connectivity index (χ2n) is 7.84. The fraction of sp³-hybridized carbons (Fsp3) is 0.455. The van der Waals surface area contributed by atoms with E-state index in [0.717, 1.165) is 17.9 Å². The van der Waals surface area contributed by atoms with Crippen LogP contribution in [0.1, 0.15) is 36.6 Å². The van der Waals surface area contributed by atoms with Crippen LogP contribution in [0.25, 0.3) is 5.69 Å². The van der Waals surface area contributed by atoms with Crippen LogP contribution in [0.5, 0.6) is 11.5 Å². The molecule has 1 aromatic carbocycles. The maximum Gasteiger partial charge on any atom is 0.289 e. The quantitative estimate of drug-likeness (QED) is 0.552. The van der Waals surface area contributed by atoms with Crippen LogP contribution in [0, 0.1) is 0 Å². The first-order chi connectivity index (χ1) is 15.5. The molecule has 3 aromatic rings. The molecule has 0 bridgehead atoms. The molecule has 0 aliphatic carbocycles. The van der Waals surface area contributed by atoms with E-state index in [2.05, 4.69) is 34.3 Å². The van der Waals surface area contributed by atoms with Crippen LogP contribution in [0.3, 0.4) is 0 Å². The van der Waals surface area contributed by atoms with Crippen LogP contribution < -0.4 is 9.47 Å². The predicted molar refractivity (Wildman–Crippen MR) is 116 cm³/mol. The summed E-state index contributed by atoms with van der Waals surface area (Å²) >= 11 is 0. The third kappa shape index (κ3) is 3.81. The Bertz CT molecular complexity index is 1060. The van der Waals surface area contributed by atoms with Gasteiger partial charge in [0.25, 0.3) is 5.91 Å². The van der Waals surface area contributed by atoms with Crippen molar-refractivity contribution in [3.8, 4) is 17.2 Å². The third-order valence-electron chi connectivity index (χ3n) is 6.25. The number of hydrogen-bond donors (Lipinski definition) is 0. The van der Waals surface area contributed by atoms with Crippen molar-refractivity contribution >= 4 is 5.91 Å². The monoisotopic (exact) mass is 440 g/mol. The van der Waals surface area contributed by atoms with Gasteiger partial charge in [-0.3, -0.25) is 9.69 Å². The molecule has 0 N–H and O–H groups in total. The van der Waals surface area contributed by atoms with Gasteiger partial charge in [0.2, 0.25) is 0 Å². The highest BCUT2D eigenvalue weighted by Crippen LogP contribution is 2.34. The zero-order valence-electron chi connectivity index (χ0n) is 18.8. The zero-order valence-corrected chi connectivity index (χ0v) is 18.8. The summed E-state index contributed by atoms with van der Waals surface area (Å²) in [6.07, 6.45) is 2.32. The lowest BCUT2D eigenvalue weighted by molar-refractivity contribution is 0.0251. The minimum Gasteiger partial charge on any atom is -0.493 e. The Hall–Kier alpha value is -3.40. The van der Waals surface area contributed by atoms with Gasteiger partial charge in [-0.15, -0.1) is 5.10 Å². The van der Waals surface area contributed by atoms with E-state index in [1.54, 1.807) is 31.0 Å². The number of hydrogen-bond acceptors (Lipinski definition) is 8. The molecule has 0 unspecified atom stereocenters. The lowest BCUT2D eigenvalue weighted by atomic mass is 9.94. The number of furan rings is 1. The second kappa shape index (κ2) is 8.99. The van der Waals surface area contributed by atoms with Crippen molar-refractivity contribution in [3.05, 3.63) is 48.2 Å². The fourth-order valence-corrected chi connectivity index (χ4v) is 4.14. The largest absolute Gasteiger partial charge is 0.493 e. The van der Waals surface area contributed by atoms with Gasteiger partial charge >= 0.3 is 0 Å². The van der Waals surface area contributed by atoms with Gasteiger partial charge in [0.1, 0.15) is 0 Å². The van der Waals surface area contributed by atoms with Crippen LogP contribution in [0.15, 0.2) is 41.0 Å². The SMILES string of the molecule is CC[C@](C)(c1nnnn1-c1ccc(OC)c(OC)c1)N1CCN(C(=O)c2ccco2)CC1. The Morgan fingerprint density at radius 2 is 1.88 bits per heavy atom. The lowest BCUT2D eigenvalue weighted by Crippen LogP contribution is -2.56.